The van der Waals surface area contributed by atoms with Gasteiger partial charge < -0.3 is 10.1 Å². The van der Waals surface area contributed by atoms with Gasteiger partial charge in [0, 0.05) is 34.9 Å². The number of nitrogens with zero attached hydrogens (tertiary/aromatic N) is 1. The van der Waals surface area contributed by atoms with Crippen LogP contribution in [-0.2, 0) is 14.6 Å². The zero-order valence-electron chi connectivity index (χ0n) is 18.6. The van der Waals surface area contributed by atoms with E-state index in [9.17, 15) is 22.0 Å². The normalized spacial score (nSPS) is 11.3. The Kier molecular flexibility index (Phi) is 7.43. The van der Waals surface area contributed by atoms with Crippen LogP contribution in [0.15, 0.2) is 47.4 Å². The quantitative estimate of drug-likeness (QED) is 0.403. The van der Waals surface area contributed by atoms with Crippen LogP contribution in [0.1, 0.15) is 30.0 Å². The third-order valence-corrected chi connectivity index (χ3v) is 6.39. The van der Waals surface area contributed by atoms with Crippen LogP contribution in [0.5, 0.6) is 11.5 Å². The number of amides is 1. The van der Waals surface area contributed by atoms with Gasteiger partial charge in [0.15, 0.2) is 21.4 Å². The molecule has 0 aromatic heterocycles. The first-order chi connectivity index (χ1) is 16.3. The van der Waals surface area contributed by atoms with Crippen LogP contribution in [0, 0.1) is 24.1 Å². The average Bonchev–Trinajstić information content (AvgIpc) is 2.77. The van der Waals surface area contributed by atoms with Crippen molar-refractivity contribution in [2.24, 2.45) is 0 Å². The molecule has 3 rings (SSSR count). The van der Waals surface area contributed by atoms with Crippen LogP contribution in [0.3, 0.4) is 0 Å². The minimum absolute atomic E-state index is 0.0302. The highest BCUT2D eigenvalue weighted by atomic mass is 35.5. The van der Waals surface area contributed by atoms with Crippen LogP contribution >= 0.6 is 11.6 Å². The molecule has 0 fully saturated rings. The maximum Gasteiger partial charge on any atom is 0.264 e. The van der Waals surface area contributed by atoms with Crippen LogP contribution in [0.4, 0.5) is 18.9 Å². The first-order valence-corrected chi connectivity index (χ1v) is 12.2. The second-order valence-corrected chi connectivity index (χ2v) is 10.1. The molecule has 11 heteroatoms. The van der Waals surface area contributed by atoms with Crippen molar-refractivity contribution in [1.29, 1.82) is 5.26 Å². The van der Waals surface area contributed by atoms with Gasteiger partial charge in [0.05, 0.1) is 22.2 Å². The lowest BCUT2D eigenvalue weighted by Gasteiger charge is -2.18. The Morgan fingerprint density at radius 1 is 1.14 bits per heavy atom. The summed E-state index contributed by atoms with van der Waals surface area (Å²) in [4.78, 5) is 11.6. The Labute approximate surface area is 204 Å². The Hall–Kier alpha value is -3.55. The summed E-state index contributed by atoms with van der Waals surface area (Å²) in [5.41, 5.74) is -0.0931. The van der Waals surface area contributed by atoms with Crippen molar-refractivity contribution >= 4 is 33.0 Å². The number of sulfone groups is 1. The number of hydrogen-bond donors (Lipinski definition) is 1. The molecule has 3 aromatic carbocycles. The number of anilines is 1. The molecule has 3 aromatic rings. The molecule has 0 aliphatic rings. The highest BCUT2D eigenvalue weighted by molar-refractivity contribution is 7.90. The van der Waals surface area contributed by atoms with Gasteiger partial charge in [0.1, 0.15) is 5.75 Å². The van der Waals surface area contributed by atoms with Gasteiger partial charge in [0.25, 0.3) is 6.43 Å². The van der Waals surface area contributed by atoms with E-state index in [2.05, 4.69) is 5.32 Å². The lowest BCUT2D eigenvalue weighted by atomic mass is 9.98. The molecule has 35 heavy (non-hydrogen) atoms. The third kappa shape index (κ3) is 5.75. The fourth-order valence-corrected chi connectivity index (χ4v) is 4.34. The number of nitrogens with one attached hydrogen (secondary N) is 1. The fourth-order valence-electron chi connectivity index (χ4n) is 3.34. The van der Waals surface area contributed by atoms with Crippen LogP contribution in [0.25, 0.3) is 11.1 Å². The van der Waals surface area contributed by atoms with Crippen molar-refractivity contribution in [2.45, 2.75) is 25.2 Å². The van der Waals surface area contributed by atoms with E-state index in [0.717, 1.165) is 18.4 Å². The van der Waals surface area contributed by atoms with Gasteiger partial charge in [-0.25, -0.2) is 21.6 Å². The molecule has 0 radical (unpaired) electrons. The number of nitriles is 1. The second kappa shape index (κ2) is 9.98. The van der Waals surface area contributed by atoms with E-state index in [1.807, 2.05) is 0 Å². The van der Waals surface area contributed by atoms with Gasteiger partial charge in [0.2, 0.25) is 5.91 Å². The summed E-state index contributed by atoms with van der Waals surface area (Å²) in [5.74, 6) is -2.18. The molecule has 1 amide bonds. The van der Waals surface area contributed by atoms with Crippen molar-refractivity contribution in [2.75, 3.05) is 11.6 Å². The summed E-state index contributed by atoms with van der Waals surface area (Å²) in [5, 5.41) is 11.5. The zero-order chi connectivity index (χ0) is 26.1. The highest BCUT2D eigenvalue weighted by Crippen LogP contribution is 2.42. The highest BCUT2D eigenvalue weighted by Gasteiger charge is 2.22. The molecule has 0 spiro atoms. The molecule has 0 bridgehead atoms. The van der Waals surface area contributed by atoms with Crippen molar-refractivity contribution in [3.8, 4) is 28.7 Å². The van der Waals surface area contributed by atoms with E-state index < -0.39 is 39.3 Å². The summed E-state index contributed by atoms with van der Waals surface area (Å²) in [7, 11) is -3.55. The molecule has 1 N–H and O–H groups in total. The van der Waals surface area contributed by atoms with Gasteiger partial charge >= 0.3 is 0 Å². The van der Waals surface area contributed by atoms with Gasteiger partial charge in [-0.05, 0) is 48.9 Å². The van der Waals surface area contributed by atoms with Crippen molar-refractivity contribution < 1.29 is 31.1 Å². The molecule has 0 atom stereocenters. The van der Waals surface area contributed by atoms with Crippen LogP contribution < -0.4 is 10.1 Å². The molecular formula is C24H18ClF3N2O4S. The Morgan fingerprint density at radius 3 is 2.37 bits per heavy atom. The van der Waals surface area contributed by atoms with Gasteiger partial charge in [-0.15, -0.1) is 0 Å². The summed E-state index contributed by atoms with van der Waals surface area (Å²) < 4.78 is 71.2. The van der Waals surface area contributed by atoms with Crippen molar-refractivity contribution in [1.82, 2.24) is 0 Å². The SMILES string of the molecule is CC(=O)Nc1cc(-c2ccc(S(C)(=O)=O)cc2Cl)c(C)c(Oc2cc(C#N)cc(C(F)F)c2)c1F. The molecule has 0 saturated carbocycles. The molecule has 182 valence electrons. The Morgan fingerprint density at radius 2 is 1.83 bits per heavy atom. The number of ether oxygens (including phenoxy) is 1. The molecule has 0 unspecified atom stereocenters. The van der Waals surface area contributed by atoms with Gasteiger partial charge in [-0.3, -0.25) is 4.79 Å². The summed E-state index contributed by atoms with van der Waals surface area (Å²) in [6.45, 7) is 2.65. The van der Waals surface area contributed by atoms with E-state index in [1.165, 1.54) is 44.2 Å². The molecule has 6 nitrogen and oxygen atoms in total. The maximum absolute atomic E-state index is 15.4. The van der Waals surface area contributed by atoms with E-state index >= 15 is 4.39 Å². The van der Waals surface area contributed by atoms with E-state index in [0.29, 0.717) is 11.1 Å². The van der Waals surface area contributed by atoms with E-state index in [-0.39, 0.29) is 32.5 Å². The van der Waals surface area contributed by atoms with Crippen LogP contribution in [0.2, 0.25) is 5.02 Å². The second-order valence-electron chi connectivity index (χ2n) is 7.64. The molecule has 0 aliphatic heterocycles. The standard InChI is InChI=1S/C24H18ClF3N2O4S/c1-12-19(18-5-4-17(9-20(18)25)35(3,32)33)10-21(30-13(2)31)22(26)23(12)34-16-7-14(11-29)6-15(8-16)24(27)28/h4-10,24H,1-3H3,(H,30,31). The Balaban J connectivity index is 2.24. The number of alkyl halides is 2. The molecule has 0 heterocycles. The number of hydrogen-bond acceptors (Lipinski definition) is 5. The number of carbonyl (C=O) groups excluding carboxylic acids is 1. The topological polar surface area (TPSA) is 96.3 Å². The predicted molar refractivity (Wildman–Crippen MR) is 125 cm³/mol. The average molecular weight is 523 g/mol. The minimum atomic E-state index is -3.55. The molecule has 0 aliphatic carbocycles. The van der Waals surface area contributed by atoms with Gasteiger partial charge in [-0.2, -0.15) is 5.26 Å². The van der Waals surface area contributed by atoms with Crippen LogP contribution in [-0.4, -0.2) is 20.6 Å². The predicted octanol–water partition coefficient (Wildman–Crippen LogP) is 6.42. The minimum Gasteiger partial charge on any atom is -0.454 e. The number of halogens is 4. The Bertz CT molecular complexity index is 1490. The summed E-state index contributed by atoms with van der Waals surface area (Å²) in [6.07, 6.45) is -1.88. The first kappa shape index (κ1) is 26.1. The number of benzene rings is 3. The van der Waals surface area contributed by atoms with Crippen molar-refractivity contribution in [3.05, 3.63) is 70.0 Å². The van der Waals surface area contributed by atoms with Crippen molar-refractivity contribution in [3.63, 3.8) is 0 Å². The molecule has 0 saturated heterocycles. The lowest BCUT2D eigenvalue weighted by molar-refractivity contribution is -0.114. The summed E-state index contributed by atoms with van der Waals surface area (Å²) >= 11 is 6.34. The smallest absolute Gasteiger partial charge is 0.264 e. The van der Waals surface area contributed by atoms with Gasteiger partial charge in [-0.1, -0.05) is 17.7 Å². The number of rotatable bonds is 6. The van der Waals surface area contributed by atoms with E-state index in [4.69, 9.17) is 21.6 Å². The largest absolute Gasteiger partial charge is 0.454 e. The third-order valence-electron chi connectivity index (χ3n) is 4.97. The monoisotopic (exact) mass is 522 g/mol. The number of carbonyl (C=O) groups is 1. The molecular weight excluding hydrogens is 505 g/mol. The maximum atomic E-state index is 15.4. The first-order valence-electron chi connectivity index (χ1n) is 9.93. The lowest BCUT2D eigenvalue weighted by Crippen LogP contribution is -2.09. The summed E-state index contributed by atoms with van der Waals surface area (Å²) in [6, 6.07) is 10.2. The van der Waals surface area contributed by atoms with E-state index in [1.54, 1.807) is 6.07 Å². The fraction of sp³-hybridized carbons (Fsp3) is 0.167. The zero-order valence-corrected chi connectivity index (χ0v) is 20.2.